The van der Waals surface area contributed by atoms with Crippen molar-refractivity contribution in [3.05, 3.63) is 63.6 Å². The van der Waals surface area contributed by atoms with Crippen LogP contribution in [-0.4, -0.2) is 28.8 Å². The maximum absolute atomic E-state index is 11.9. The van der Waals surface area contributed by atoms with Crippen LogP contribution in [0.5, 0.6) is 0 Å². The number of amides is 1. The monoisotopic (exact) mass is 285 g/mol. The van der Waals surface area contributed by atoms with E-state index in [1.165, 1.54) is 23.3 Å². The number of aromatic amines is 1. The number of ether oxygens (including phenoxy) is 1. The average molecular weight is 285 g/mol. The zero-order valence-electron chi connectivity index (χ0n) is 11.3. The van der Waals surface area contributed by atoms with Crippen LogP contribution >= 0.6 is 0 Å². The Kier molecular flexibility index (Phi) is 3.79. The molecule has 2 heterocycles. The number of rotatable bonds is 3. The Bertz CT molecular complexity index is 691. The quantitative estimate of drug-likeness (QED) is 0.867. The lowest BCUT2D eigenvalue weighted by Crippen LogP contribution is -2.37. The molecular formula is C15H15N3O3. The van der Waals surface area contributed by atoms with Gasteiger partial charge in [0.05, 0.1) is 12.7 Å². The number of H-pyrrole nitrogens is 1. The molecule has 1 aliphatic rings. The fourth-order valence-electron chi connectivity index (χ4n) is 2.31. The number of carbonyl (C=O) groups is 1. The second-order valence-corrected chi connectivity index (χ2v) is 4.92. The van der Waals surface area contributed by atoms with Gasteiger partial charge in [0.1, 0.15) is 5.69 Å². The fourth-order valence-corrected chi connectivity index (χ4v) is 2.31. The van der Waals surface area contributed by atoms with Gasteiger partial charge in [-0.1, -0.05) is 24.3 Å². The second kappa shape index (κ2) is 5.88. The molecule has 2 aromatic rings. The van der Waals surface area contributed by atoms with Crippen LogP contribution in [0.2, 0.25) is 0 Å². The highest BCUT2D eigenvalue weighted by Crippen LogP contribution is 2.19. The summed E-state index contributed by atoms with van der Waals surface area (Å²) in [5, 5.41) is 8.69. The Morgan fingerprint density at radius 1 is 1.29 bits per heavy atom. The van der Waals surface area contributed by atoms with E-state index in [9.17, 15) is 9.59 Å². The minimum absolute atomic E-state index is 0.0494. The van der Waals surface area contributed by atoms with Crippen LogP contribution < -0.4 is 10.9 Å². The van der Waals surface area contributed by atoms with E-state index in [0.717, 1.165) is 6.42 Å². The van der Waals surface area contributed by atoms with Crippen molar-refractivity contribution in [2.75, 3.05) is 6.54 Å². The second-order valence-electron chi connectivity index (χ2n) is 4.92. The van der Waals surface area contributed by atoms with Crippen LogP contribution in [-0.2, 0) is 17.8 Å². The number of hydrogen-bond donors (Lipinski definition) is 2. The fraction of sp³-hybridized carbons (Fsp3) is 0.267. The minimum Gasteiger partial charge on any atom is -0.371 e. The van der Waals surface area contributed by atoms with E-state index < -0.39 is 0 Å². The van der Waals surface area contributed by atoms with Gasteiger partial charge < -0.3 is 10.1 Å². The van der Waals surface area contributed by atoms with Gasteiger partial charge in [0.25, 0.3) is 11.5 Å². The zero-order chi connectivity index (χ0) is 14.7. The molecule has 1 aliphatic heterocycles. The summed E-state index contributed by atoms with van der Waals surface area (Å²) in [4.78, 5) is 22.8. The first-order valence-electron chi connectivity index (χ1n) is 6.75. The Morgan fingerprint density at radius 3 is 2.86 bits per heavy atom. The lowest BCUT2D eigenvalue weighted by atomic mass is 9.99. The smallest absolute Gasteiger partial charge is 0.271 e. The lowest BCUT2D eigenvalue weighted by Gasteiger charge is -2.25. The zero-order valence-corrected chi connectivity index (χ0v) is 11.3. The van der Waals surface area contributed by atoms with Gasteiger partial charge in [0, 0.05) is 19.0 Å². The Labute approximate surface area is 121 Å². The molecule has 0 aliphatic carbocycles. The predicted molar refractivity (Wildman–Crippen MR) is 75.9 cm³/mol. The Balaban J connectivity index is 1.58. The van der Waals surface area contributed by atoms with Crippen molar-refractivity contribution < 1.29 is 9.53 Å². The Hall–Kier alpha value is -2.47. The summed E-state index contributed by atoms with van der Waals surface area (Å²) in [5.74, 6) is -0.325. The summed E-state index contributed by atoms with van der Waals surface area (Å²) < 4.78 is 5.72. The van der Waals surface area contributed by atoms with E-state index >= 15 is 0 Å². The summed E-state index contributed by atoms with van der Waals surface area (Å²) in [6.07, 6.45) is 0.724. The largest absolute Gasteiger partial charge is 0.371 e. The first-order chi connectivity index (χ1) is 10.2. The molecular weight excluding hydrogens is 270 g/mol. The van der Waals surface area contributed by atoms with Crippen LogP contribution in [0.3, 0.4) is 0 Å². The molecule has 1 atom stereocenters. The van der Waals surface area contributed by atoms with Crippen LogP contribution in [0.4, 0.5) is 0 Å². The van der Waals surface area contributed by atoms with Crippen molar-refractivity contribution in [1.29, 1.82) is 0 Å². The molecule has 1 aromatic carbocycles. The van der Waals surface area contributed by atoms with Gasteiger partial charge in [-0.2, -0.15) is 5.10 Å². The minimum atomic E-state index is -0.334. The first-order valence-corrected chi connectivity index (χ1v) is 6.75. The third-order valence-electron chi connectivity index (χ3n) is 3.44. The maximum Gasteiger partial charge on any atom is 0.271 e. The lowest BCUT2D eigenvalue weighted by molar-refractivity contribution is 0.0284. The molecule has 0 saturated carbocycles. The van der Waals surface area contributed by atoms with Crippen molar-refractivity contribution in [3.8, 4) is 0 Å². The van der Waals surface area contributed by atoms with Crippen molar-refractivity contribution in [2.24, 2.45) is 0 Å². The normalized spacial score (nSPS) is 17.0. The summed E-state index contributed by atoms with van der Waals surface area (Å²) in [7, 11) is 0. The van der Waals surface area contributed by atoms with Gasteiger partial charge in [0.2, 0.25) is 0 Å². The molecule has 108 valence electrons. The maximum atomic E-state index is 11.9. The molecule has 0 spiro atoms. The predicted octanol–water partition coefficient (Wildman–Crippen LogP) is 0.641. The number of fused-ring (bicyclic) bond motifs is 1. The third-order valence-corrected chi connectivity index (χ3v) is 3.44. The third kappa shape index (κ3) is 3.17. The Morgan fingerprint density at radius 2 is 2.10 bits per heavy atom. The summed E-state index contributed by atoms with van der Waals surface area (Å²) in [6, 6.07) is 10.8. The molecule has 1 aromatic heterocycles. The van der Waals surface area contributed by atoms with Crippen molar-refractivity contribution in [3.63, 3.8) is 0 Å². The number of hydrogen-bond acceptors (Lipinski definition) is 4. The van der Waals surface area contributed by atoms with Crippen LogP contribution in [0.25, 0.3) is 0 Å². The van der Waals surface area contributed by atoms with Gasteiger partial charge in [-0.25, -0.2) is 5.10 Å². The number of nitrogens with one attached hydrogen (secondary N) is 2. The SMILES string of the molecule is O=C(NCC1Cc2ccccc2CO1)c1ccc(=O)[nH]n1. The topological polar surface area (TPSA) is 84.1 Å². The molecule has 0 radical (unpaired) electrons. The van der Waals surface area contributed by atoms with Gasteiger partial charge in [-0.15, -0.1) is 0 Å². The summed E-state index contributed by atoms with van der Waals surface area (Å²) >= 11 is 0. The van der Waals surface area contributed by atoms with Crippen molar-refractivity contribution >= 4 is 5.91 Å². The standard InChI is InChI=1S/C15H15N3O3/c19-14-6-5-13(17-18-14)15(20)16-8-12-7-10-3-1-2-4-11(10)9-21-12/h1-6,12H,7-9H2,(H,16,20)(H,18,19). The van der Waals surface area contributed by atoms with E-state index in [-0.39, 0.29) is 23.3 Å². The van der Waals surface area contributed by atoms with Crippen molar-refractivity contribution in [1.82, 2.24) is 15.5 Å². The highest BCUT2D eigenvalue weighted by molar-refractivity contribution is 5.91. The molecule has 1 unspecified atom stereocenters. The molecule has 21 heavy (non-hydrogen) atoms. The van der Waals surface area contributed by atoms with E-state index in [4.69, 9.17) is 4.74 Å². The molecule has 0 bridgehead atoms. The van der Waals surface area contributed by atoms with E-state index in [1.807, 2.05) is 18.2 Å². The summed E-state index contributed by atoms with van der Waals surface area (Å²) in [5.41, 5.74) is 2.30. The summed E-state index contributed by atoms with van der Waals surface area (Å²) in [6.45, 7) is 0.974. The van der Waals surface area contributed by atoms with Crippen LogP contribution in [0.1, 0.15) is 21.6 Å². The molecule has 6 nitrogen and oxygen atoms in total. The van der Waals surface area contributed by atoms with Gasteiger partial charge in [0.15, 0.2) is 0 Å². The van der Waals surface area contributed by atoms with Crippen LogP contribution in [0.15, 0.2) is 41.2 Å². The van der Waals surface area contributed by atoms with Gasteiger partial charge in [-0.05, 0) is 17.2 Å². The number of carbonyl (C=O) groups excluding carboxylic acids is 1. The number of aromatic nitrogens is 2. The first kappa shape index (κ1) is 13.5. The molecule has 2 N–H and O–H groups in total. The average Bonchev–Trinajstić information content (AvgIpc) is 2.53. The van der Waals surface area contributed by atoms with E-state index in [1.54, 1.807) is 0 Å². The molecule has 1 amide bonds. The molecule has 6 heteroatoms. The number of nitrogens with zero attached hydrogens (tertiary/aromatic N) is 1. The van der Waals surface area contributed by atoms with E-state index in [0.29, 0.717) is 13.2 Å². The molecule has 0 fully saturated rings. The molecule has 0 saturated heterocycles. The molecule has 3 rings (SSSR count). The van der Waals surface area contributed by atoms with Crippen molar-refractivity contribution in [2.45, 2.75) is 19.1 Å². The van der Waals surface area contributed by atoms with Gasteiger partial charge >= 0.3 is 0 Å². The van der Waals surface area contributed by atoms with Crippen LogP contribution in [0, 0.1) is 0 Å². The number of benzene rings is 1. The van der Waals surface area contributed by atoms with E-state index in [2.05, 4.69) is 21.6 Å². The highest BCUT2D eigenvalue weighted by Gasteiger charge is 2.19. The van der Waals surface area contributed by atoms with Gasteiger partial charge in [-0.3, -0.25) is 9.59 Å². The highest BCUT2D eigenvalue weighted by atomic mass is 16.5.